The van der Waals surface area contributed by atoms with Gasteiger partial charge in [0.2, 0.25) is 0 Å². The van der Waals surface area contributed by atoms with Gasteiger partial charge in [-0.1, -0.05) is 31.2 Å². The molecule has 0 amide bonds. The first kappa shape index (κ1) is 14.2. The quantitative estimate of drug-likeness (QED) is 0.780. The molecule has 0 bridgehead atoms. The molecule has 1 heterocycles. The van der Waals surface area contributed by atoms with E-state index < -0.39 is 0 Å². The van der Waals surface area contributed by atoms with Gasteiger partial charge in [0.05, 0.1) is 18.8 Å². The van der Waals surface area contributed by atoms with Crippen molar-refractivity contribution in [1.29, 1.82) is 0 Å². The highest BCUT2D eigenvalue weighted by Crippen LogP contribution is 2.17. The summed E-state index contributed by atoms with van der Waals surface area (Å²) in [5.74, 6) is 0.195. The van der Waals surface area contributed by atoms with E-state index in [-0.39, 0.29) is 11.4 Å². The van der Waals surface area contributed by atoms with E-state index in [0.717, 1.165) is 25.1 Å². The van der Waals surface area contributed by atoms with Crippen LogP contribution in [0.2, 0.25) is 0 Å². The van der Waals surface area contributed by atoms with E-state index in [4.69, 9.17) is 4.74 Å². The van der Waals surface area contributed by atoms with Gasteiger partial charge in [0.15, 0.2) is 5.78 Å². The van der Waals surface area contributed by atoms with Crippen LogP contribution < -0.4 is 0 Å². The number of ether oxygens (including phenoxy) is 1. The molecule has 1 aliphatic heterocycles. The average molecular weight is 261 g/mol. The third-order valence-corrected chi connectivity index (χ3v) is 3.56. The Bertz CT molecular complexity index is 437. The standard InChI is InChI=1S/C16H23NO2/c1-4-13-5-7-14(8-6-13)15(18)11-17-9-10-19-16(2,3)12-17/h5-8H,4,9-12H2,1-3H3. The molecule has 1 aliphatic rings. The first-order valence-electron chi connectivity index (χ1n) is 6.98. The van der Waals surface area contributed by atoms with Crippen molar-refractivity contribution in [3.63, 3.8) is 0 Å². The molecule has 1 aromatic carbocycles. The molecule has 0 saturated carbocycles. The first-order chi connectivity index (χ1) is 9.00. The summed E-state index contributed by atoms with van der Waals surface area (Å²) in [7, 11) is 0. The van der Waals surface area contributed by atoms with Gasteiger partial charge < -0.3 is 4.74 Å². The lowest BCUT2D eigenvalue weighted by molar-refractivity contribution is -0.0833. The van der Waals surface area contributed by atoms with Crippen molar-refractivity contribution in [2.24, 2.45) is 0 Å². The monoisotopic (exact) mass is 261 g/mol. The van der Waals surface area contributed by atoms with E-state index in [1.165, 1.54) is 5.56 Å². The summed E-state index contributed by atoms with van der Waals surface area (Å²) in [5, 5.41) is 0. The third kappa shape index (κ3) is 3.88. The van der Waals surface area contributed by atoms with Gasteiger partial charge in [0.25, 0.3) is 0 Å². The number of rotatable bonds is 4. The third-order valence-electron chi connectivity index (χ3n) is 3.56. The Balaban J connectivity index is 1.96. The van der Waals surface area contributed by atoms with Gasteiger partial charge in [-0.2, -0.15) is 0 Å². The molecule has 1 fully saturated rings. The molecule has 3 nitrogen and oxygen atoms in total. The Morgan fingerprint density at radius 1 is 1.32 bits per heavy atom. The predicted molar refractivity (Wildman–Crippen MR) is 76.6 cm³/mol. The second kappa shape index (κ2) is 5.85. The van der Waals surface area contributed by atoms with Gasteiger partial charge in [-0.3, -0.25) is 9.69 Å². The molecule has 0 unspecified atom stereocenters. The Kier molecular flexibility index (Phi) is 4.38. The van der Waals surface area contributed by atoms with Crippen molar-refractivity contribution in [2.75, 3.05) is 26.2 Å². The minimum atomic E-state index is -0.148. The van der Waals surface area contributed by atoms with Gasteiger partial charge in [-0.15, -0.1) is 0 Å². The zero-order chi connectivity index (χ0) is 13.9. The van der Waals surface area contributed by atoms with Crippen LogP contribution in [0.1, 0.15) is 36.7 Å². The molecular weight excluding hydrogens is 238 g/mol. The number of carbonyl (C=O) groups is 1. The lowest BCUT2D eigenvalue weighted by Gasteiger charge is -2.37. The van der Waals surface area contributed by atoms with Crippen LogP contribution in [-0.2, 0) is 11.2 Å². The number of benzene rings is 1. The fourth-order valence-electron chi connectivity index (χ4n) is 2.47. The SMILES string of the molecule is CCc1ccc(C(=O)CN2CCOC(C)(C)C2)cc1. The van der Waals surface area contributed by atoms with Crippen LogP contribution in [0.5, 0.6) is 0 Å². The van der Waals surface area contributed by atoms with E-state index in [1.807, 2.05) is 24.3 Å². The summed E-state index contributed by atoms with van der Waals surface area (Å²) in [5.41, 5.74) is 1.93. The van der Waals surface area contributed by atoms with Crippen molar-refractivity contribution in [1.82, 2.24) is 4.90 Å². The number of nitrogens with zero attached hydrogens (tertiary/aromatic N) is 1. The second-order valence-corrected chi connectivity index (χ2v) is 5.79. The molecule has 0 radical (unpaired) electrons. The summed E-state index contributed by atoms with van der Waals surface area (Å²) in [6.07, 6.45) is 1.01. The average Bonchev–Trinajstić information content (AvgIpc) is 2.37. The fourth-order valence-corrected chi connectivity index (χ4v) is 2.47. The van der Waals surface area contributed by atoms with E-state index in [0.29, 0.717) is 13.2 Å². The molecule has 0 spiro atoms. The molecule has 104 valence electrons. The van der Waals surface area contributed by atoms with Crippen LogP contribution in [0.15, 0.2) is 24.3 Å². The van der Waals surface area contributed by atoms with E-state index in [9.17, 15) is 4.79 Å². The Labute approximate surface area is 115 Å². The summed E-state index contributed by atoms with van der Waals surface area (Å²) in [6.45, 7) is 9.09. The van der Waals surface area contributed by atoms with Gasteiger partial charge in [0, 0.05) is 18.7 Å². The number of ketones is 1. The second-order valence-electron chi connectivity index (χ2n) is 5.79. The number of carbonyl (C=O) groups excluding carboxylic acids is 1. The molecule has 0 atom stereocenters. The normalized spacial score (nSPS) is 19.3. The summed E-state index contributed by atoms with van der Waals surface area (Å²) >= 11 is 0. The van der Waals surface area contributed by atoms with Crippen molar-refractivity contribution < 1.29 is 9.53 Å². The maximum atomic E-state index is 12.2. The minimum absolute atomic E-state index is 0.148. The largest absolute Gasteiger partial charge is 0.373 e. The molecule has 0 aromatic heterocycles. The molecule has 19 heavy (non-hydrogen) atoms. The van der Waals surface area contributed by atoms with Crippen LogP contribution in [-0.4, -0.2) is 42.5 Å². The maximum absolute atomic E-state index is 12.2. The summed E-state index contributed by atoms with van der Waals surface area (Å²) < 4.78 is 5.66. The number of hydrogen-bond donors (Lipinski definition) is 0. The molecule has 0 N–H and O–H groups in total. The lowest BCUT2D eigenvalue weighted by atomic mass is 10.0. The van der Waals surface area contributed by atoms with Crippen LogP contribution in [0.3, 0.4) is 0 Å². The maximum Gasteiger partial charge on any atom is 0.176 e. The van der Waals surface area contributed by atoms with Crippen LogP contribution >= 0.6 is 0 Å². The van der Waals surface area contributed by atoms with Gasteiger partial charge in [0.1, 0.15) is 0 Å². The molecule has 1 aromatic rings. The topological polar surface area (TPSA) is 29.5 Å². The first-order valence-corrected chi connectivity index (χ1v) is 6.98. The number of aryl methyl sites for hydroxylation is 1. The van der Waals surface area contributed by atoms with E-state index in [1.54, 1.807) is 0 Å². The predicted octanol–water partition coefficient (Wildman–Crippen LogP) is 2.54. The number of morpholine rings is 1. The molecule has 3 heteroatoms. The summed E-state index contributed by atoms with van der Waals surface area (Å²) in [6, 6.07) is 7.95. The highest BCUT2D eigenvalue weighted by molar-refractivity contribution is 5.97. The van der Waals surface area contributed by atoms with Crippen LogP contribution in [0, 0.1) is 0 Å². The van der Waals surface area contributed by atoms with Crippen LogP contribution in [0.25, 0.3) is 0 Å². The number of hydrogen-bond acceptors (Lipinski definition) is 3. The highest BCUT2D eigenvalue weighted by Gasteiger charge is 2.28. The molecule has 2 rings (SSSR count). The van der Waals surface area contributed by atoms with Crippen molar-refractivity contribution in [3.05, 3.63) is 35.4 Å². The van der Waals surface area contributed by atoms with Crippen molar-refractivity contribution in [2.45, 2.75) is 32.8 Å². The van der Waals surface area contributed by atoms with E-state index >= 15 is 0 Å². The smallest absolute Gasteiger partial charge is 0.176 e. The summed E-state index contributed by atoms with van der Waals surface area (Å²) in [4.78, 5) is 14.4. The fraction of sp³-hybridized carbons (Fsp3) is 0.562. The molecule has 1 saturated heterocycles. The molecular formula is C16H23NO2. The lowest BCUT2D eigenvalue weighted by Crippen LogP contribution is -2.49. The zero-order valence-corrected chi connectivity index (χ0v) is 12.1. The van der Waals surface area contributed by atoms with Crippen LogP contribution in [0.4, 0.5) is 0 Å². The zero-order valence-electron chi connectivity index (χ0n) is 12.1. The van der Waals surface area contributed by atoms with Crippen molar-refractivity contribution >= 4 is 5.78 Å². The van der Waals surface area contributed by atoms with Gasteiger partial charge >= 0.3 is 0 Å². The van der Waals surface area contributed by atoms with Crippen molar-refractivity contribution in [3.8, 4) is 0 Å². The highest BCUT2D eigenvalue weighted by atomic mass is 16.5. The molecule has 0 aliphatic carbocycles. The Hall–Kier alpha value is -1.19. The Morgan fingerprint density at radius 2 is 2.00 bits per heavy atom. The van der Waals surface area contributed by atoms with Gasteiger partial charge in [-0.05, 0) is 25.8 Å². The Morgan fingerprint density at radius 3 is 2.58 bits per heavy atom. The van der Waals surface area contributed by atoms with Gasteiger partial charge in [-0.25, -0.2) is 0 Å². The minimum Gasteiger partial charge on any atom is -0.373 e. The number of Topliss-reactive ketones (excluding diaryl/α,β-unsaturated/α-hetero) is 1. The van der Waals surface area contributed by atoms with E-state index in [2.05, 4.69) is 25.7 Å².